The van der Waals surface area contributed by atoms with Crippen molar-refractivity contribution in [1.82, 2.24) is 10.2 Å². The van der Waals surface area contributed by atoms with Crippen molar-refractivity contribution in [2.24, 2.45) is 5.92 Å². The van der Waals surface area contributed by atoms with Crippen LogP contribution in [0.1, 0.15) is 40.5 Å². The highest BCUT2D eigenvalue weighted by Crippen LogP contribution is 2.20. The molecule has 1 aromatic carbocycles. The fourth-order valence-electron chi connectivity index (χ4n) is 3.08. The average molecular weight is 397 g/mol. The van der Waals surface area contributed by atoms with Gasteiger partial charge >= 0.3 is 6.09 Å². The monoisotopic (exact) mass is 397 g/mol. The van der Waals surface area contributed by atoms with Gasteiger partial charge in [0.15, 0.2) is 0 Å². The molecule has 28 heavy (non-hydrogen) atoms. The van der Waals surface area contributed by atoms with Gasteiger partial charge in [0.2, 0.25) is 5.91 Å². The number of rotatable bonds is 5. The molecular formula is C20H29F2N3O3. The molecule has 2 N–H and O–H groups in total. The van der Waals surface area contributed by atoms with Gasteiger partial charge in [-0.3, -0.25) is 9.69 Å². The van der Waals surface area contributed by atoms with Crippen molar-refractivity contribution in [2.45, 2.75) is 52.2 Å². The molecule has 1 aromatic rings. The molecule has 0 aromatic heterocycles. The number of halogens is 2. The molecule has 0 radical (unpaired) electrons. The van der Waals surface area contributed by atoms with Gasteiger partial charge in [0.05, 0.1) is 11.7 Å². The molecule has 1 unspecified atom stereocenters. The quantitative estimate of drug-likeness (QED) is 0.798. The summed E-state index contributed by atoms with van der Waals surface area (Å²) < 4.78 is 32.2. The Balaban J connectivity index is 1.78. The number of ether oxygens (including phenoxy) is 1. The van der Waals surface area contributed by atoms with E-state index < -0.39 is 29.4 Å². The van der Waals surface area contributed by atoms with Crippen LogP contribution in [0.3, 0.4) is 0 Å². The molecule has 1 fully saturated rings. The predicted octanol–water partition coefficient (Wildman–Crippen LogP) is 3.53. The van der Waals surface area contributed by atoms with Crippen molar-refractivity contribution in [3.8, 4) is 0 Å². The molecule has 1 saturated heterocycles. The number of hydrogen-bond donors (Lipinski definition) is 2. The van der Waals surface area contributed by atoms with Crippen LogP contribution in [0.4, 0.5) is 19.3 Å². The van der Waals surface area contributed by atoms with Gasteiger partial charge in [-0.2, -0.15) is 0 Å². The van der Waals surface area contributed by atoms with E-state index in [-0.39, 0.29) is 11.6 Å². The Hall–Kier alpha value is -2.22. The third-order valence-corrected chi connectivity index (χ3v) is 4.70. The van der Waals surface area contributed by atoms with Crippen LogP contribution in [0.2, 0.25) is 0 Å². The number of amides is 2. The summed E-state index contributed by atoms with van der Waals surface area (Å²) in [6.45, 7) is 9.07. The van der Waals surface area contributed by atoms with Crippen LogP contribution in [0.15, 0.2) is 18.2 Å². The third kappa shape index (κ3) is 6.74. The summed E-state index contributed by atoms with van der Waals surface area (Å²) in [6, 6.07) is 2.49. The summed E-state index contributed by atoms with van der Waals surface area (Å²) in [6.07, 6.45) is 1.21. The van der Waals surface area contributed by atoms with Gasteiger partial charge in [-0.25, -0.2) is 13.6 Å². The lowest BCUT2D eigenvalue weighted by Gasteiger charge is -2.35. The van der Waals surface area contributed by atoms with Crippen molar-refractivity contribution in [3.63, 3.8) is 0 Å². The lowest BCUT2D eigenvalue weighted by Crippen LogP contribution is -2.47. The van der Waals surface area contributed by atoms with Crippen LogP contribution in [0.5, 0.6) is 0 Å². The first kappa shape index (κ1) is 22.1. The molecule has 0 aliphatic carbocycles. The van der Waals surface area contributed by atoms with E-state index in [2.05, 4.69) is 10.6 Å². The van der Waals surface area contributed by atoms with Gasteiger partial charge in [0.25, 0.3) is 0 Å². The first-order valence-corrected chi connectivity index (χ1v) is 9.52. The fourth-order valence-corrected chi connectivity index (χ4v) is 3.08. The van der Waals surface area contributed by atoms with E-state index in [1.54, 1.807) is 6.92 Å². The zero-order valence-corrected chi connectivity index (χ0v) is 16.9. The van der Waals surface area contributed by atoms with Crippen molar-refractivity contribution >= 4 is 17.7 Å². The van der Waals surface area contributed by atoms with E-state index >= 15 is 0 Å². The Bertz CT molecular complexity index is 698. The van der Waals surface area contributed by atoms with Gasteiger partial charge in [-0.1, -0.05) is 0 Å². The summed E-state index contributed by atoms with van der Waals surface area (Å²) in [5.74, 6) is -1.36. The first-order valence-electron chi connectivity index (χ1n) is 9.52. The maximum atomic E-state index is 13.7. The summed E-state index contributed by atoms with van der Waals surface area (Å²) in [5, 5.41) is 5.24. The second-order valence-electron chi connectivity index (χ2n) is 8.15. The summed E-state index contributed by atoms with van der Waals surface area (Å²) in [7, 11) is 0. The van der Waals surface area contributed by atoms with E-state index in [9.17, 15) is 18.4 Å². The standard InChI is InChI=1S/C20H29F2N3O3/c1-13(18(26)24-17-11-15(21)5-6-16(17)22)25-9-7-14(8-10-25)12-23-19(27)28-20(2,3)4/h5-6,11,13-14H,7-10,12H2,1-4H3,(H,23,27)(H,24,26). The zero-order valence-electron chi connectivity index (χ0n) is 16.9. The molecule has 2 amide bonds. The molecule has 1 aliphatic rings. The van der Waals surface area contributed by atoms with Crippen LogP contribution >= 0.6 is 0 Å². The molecule has 156 valence electrons. The molecule has 0 spiro atoms. The topological polar surface area (TPSA) is 70.7 Å². The number of carbonyl (C=O) groups excluding carboxylic acids is 2. The highest BCUT2D eigenvalue weighted by Gasteiger charge is 2.27. The minimum atomic E-state index is -0.672. The normalized spacial score (nSPS) is 17.1. The van der Waals surface area contributed by atoms with E-state index in [4.69, 9.17) is 4.74 Å². The number of hydrogen-bond acceptors (Lipinski definition) is 4. The number of benzene rings is 1. The fraction of sp³-hybridized carbons (Fsp3) is 0.600. The highest BCUT2D eigenvalue weighted by molar-refractivity contribution is 5.94. The molecule has 6 nitrogen and oxygen atoms in total. The summed E-state index contributed by atoms with van der Waals surface area (Å²) >= 11 is 0. The van der Waals surface area contributed by atoms with Crippen LogP contribution in [0.25, 0.3) is 0 Å². The molecule has 8 heteroatoms. The van der Waals surface area contributed by atoms with E-state index in [1.165, 1.54) is 0 Å². The Kier molecular flexibility index (Phi) is 7.35. The largest absolute Gasteiger partial charge is 0.444 e. The summed E-state index contributed by atoms with van der Waals surface area (Å²) in [5.41, 5.74) is -0.689. The zero-order chi connectivity index (χ0) is 20.9. The molecule has 2 rings (SSSR count). The van der Waals surface area contributed by atoms with Gasteiger partial charge in [-0.05, 0) is 71.7 Å². The van der Waals surface area contributed by atoms with Crippen LogP contribution in [-0.4, -0.2) is 48.2 Å². The van der Waals surface area contributed by atoms with Crippen molar-refractivity contribution in [1.29, 1.82) is 0 Å². The van der Waals surface area contributed by atoms with Gasteiger partial charge in [0.1, 0.15) is 17.2 Å². The number of likely N-dealkylation sites (tertiary alicyclic amines) is 1. The van der Waals surface area contributed by atoms with Crippen LogP contribution in [0, 0.1) is 17.6 Å². The molecular weight excluding hydrogens is 368 g/mol. The van der Waals surface area contributed by atoms with Crippen LogP contribution in [-0.2, 0) is 9.53 Å². The number of anilines is 1. The van der Waals surface area contributed by atoms with E-state index in [1.807, 2.05) is 25.7 Å². The minimum Gasteiger partial charge on any atom is -0.444 e. The number of nitrogens with one attached hydrogen (secondary N) is 2. The second-order valence-corrected chi connectivity index (χ2v) is 8.15. The Morgan fingerprint density at radius 1 is 1.25 bits per heavy atom. The molecule has 0 bridgehead atoms. The Morgan fingerprint density at radius 2 is 1.89 bits per heavy atom. The lowest BCUT2D eigenvalue weighted by atomic mass is 9.96. The van der Waals surface area contributed by atoms with Gasteiger partial charge in [-0.15, -0.1) is 0 Å². The Labute approximate surface area is 164 Å². The van der Waals surface area contributed by atoms with Gasteiger partial charge in [0, 0.05) is 12.6 Å². The van der Waals surface area contributed by atoms with Gasteiger partial charge < -0.3 is 15.4 Å². The molecule has 1 heterocycles. The average Bonchev–Trinajstić information content (AvgIpc) is 2.61. The van der Waals surface area contributed by atoms with Crippen molar-refractivity contribution in [2.75, 3.05) is 25.0 Å². The van der Waals surface area contributed by atoms with E-state index in [0.717, 1.165) is 31.0 Å². The van der Waals surface area contributed by atoms with E-state index in [0.29, 0.717) is 25.6 Å². The van der Waals surface area contributed by atoms with Crippen LogP contribution < -0.4 is 10.6 Å². The smallest absolute Gasteiger partial charge is 0.407 e. The number of nitrogens with zero attached hydrogens (tertiary/aromatic N) is 1. The third-order valence-electron chi connectivity index (χ3n) is 4.70. The van der Waals surface area contributed by atoms with Crippen molar-refractivity contribution in [3.05, 3.63) is 29.8 Å². The highest BCUT2D eigenvalue weighted by atomic mass is 19.1. The molecule has 1 aliphatic heterocycles. The number of carbonyl (C=O) groups is 2. The summed E-state index contributed by atoms with van der Waals surface area (Å²) in [4.78, 5) is 26.1. The van der Waals surface area contributed by atoms with Crippen molar-refractivity contribution < 1.29 is 23.1 Å². The lowest BCUT2D eigenvalue weighted by molar-refractivity contribution is -0.121. The molecule has 0 saturated carbocycles. The molecule has 1 atom stereocenters. The second kappa shape index (κ2) is 9.32. The maximum absolute atomic E-state index is 13.7. The number of piperidine rings is 1. The SMILES string of the molecule is CC(C(=O)Nc1cc(F)ccc1F)N1CCC(CNC(=O)OC(C)(C)C)CC1. The predicted molar refractivity (Wildman–Crippen MR) is 103 cm³/mol. The first-order chi connectivity index (χ1) is 13.0. The maximum Gasteiger partial charge on any atom is 0.407 e. The minimum absolute atomic E-state index is 0.159. The number of alkyl carbamates (subject to hydrolysis) is 1. The Morgan fingerprint density at radius 3 is 2.50 bits per heavy atom.